The first-order chi connectivity index (χ1) is 14.9. The molecule has 0 heterocycles. The van der Waals surface area contributed by atoms with E-state index in [1.165, 1.54) is 56.6 Å². The number of hydrogen-bond donors (Lipinski definition) is 2. The lowest BCUT2D eigenvalue weighted by Crippen LogP contribution is -2.29. The normalized spacial score (nSPS) is 18.6. The molecule has 0 aliphatic heterocycles. The molecule has 0 saturated heterocycles. The Balaban J connectivity index is 0.000000441. The number of nitrogens with one attached hydrogen (secondary N) is 1. The Kier molecular flexibility index (Phi) is 16.3. The zero-order valence-electron chi connectivity index (χ0n) is 20.3. The van der Waals surface area contributed by atoms with E-state index in [4.69, 9.17) is 5.73 Å². The maximum atomic E-state index is 12.7. The van der Waals surface area contributed by atoms with E-state index in [0.717, 1.165) is 30.2 Å². The number of nitrogens with two attached hydrogens (primary N) is 1. The fraction of sp³-hybridized carbons (Fsp3) is 0.615. The van der Waals surface area contributed by atoms with E-state index in [-0.39, 0.29) is 5.83 Å². The standard InChI is InChI=1S/C10H18N2.C9H13F.C7H13NO/c1-4-9(8-5-6-8)10(11)7(2)12-3;1-4-7-8(5-2)9(10)6-3;9-6-8-7-4-2-1-3-5-7/h8H,4-6,11H2,1-3H3;4,6-7H,1,5H2,2-3H3;6-7H,1-5H2,(H,8,9)/b10-9-,12-7?;8-7-,9-6+;. The molecular formula is C26H44FN3O. The molecule has 3 N–H and O–H groups in total. The van der Waals surface area contributed by atoms with Crippen LogP contribution in [0.3, 0.4) is 0 Å². The van der Waals surface area contributed by atoms with Crippen molar-refractivity contribution in [2.24, 2.45) is 16.6 Å². The van der Waals surface area contributed by atoms with Crippen LogP contribution in [-0.4, -0.2) is 25.2 Å². The van der Waals surface area contributed by atoms with Crippen molar-refractivity contribution in [1.82, 2.24) is 5.32 Å². The van der Waals surface area contributed by atoms with Crippen molar-refractivity contribution in [1.29, 1.82) is 0 Å². The molecule has 176 valence electrons. The molecule has 2 aliphatic rings. The molecule has 0 atom stereocenters. The van der Waals surface area contributed by atoms with Crippen LogP contribution in [0.2, 0.25) is 0 Å². The third-order valence-electron chi connectivity index (χ3n) is 5.69. The molecule has 2 fully saturated rings. The van der Waals surface area contributed by atoms with Crippen molar-refractivity contribution in [3.05, 3.63) is 47.5 Å². The number of carbonyl (C=O) groups excluding carboxylic acids is 1. The van der Waals surface area contributed by atoms with Crippen LogP contribution in [0.15, 0.2) is 52.5 Å². The summed E-state index contributed by atoms with van der Waals surface area (Å²) in [5, 5.41) is 2.80. The number of halogens is 1. The van der Waals surface area contributed by atoms with Gasteiger partial charge in [-0.1, -0.05) is 57.9 Å². The van der Waals surface area contributed by atoms with Gasteiger partial charge in [0.2, 0.25) is 6.41 Å². The monoisotopic (exact) mass is 433 g/mol. The lowest BCUT2D eigenvalue weighted by Gasteiger charge is -2.19. The minimum absolute atomic E-state index is 0.151. The average molecular weight is 434 g/mol. The molecule has 31 heavy (non-hydrogen) atoms. The van der Waals surface area contributed by atoms with Gasteiger partial charge in [-0.15, -0.1) is 0 Å². The molecule has 2 rings (SSSR count). The van der Waals surface area contributed by atoms with Crippen molar-refractivity contribution >= 4 is 12.1 Å². The first-order valence-corrected chi connectivity index (χ1v) is 11.7. The van der Waals surface area contributed by atoms with Gasteiger partial charge in [0.1, 0.15) is 5.83 Å². The number of aliphatic imine (C=N–C) groups is 1. The quantitative estimate of drug-likeness (QED) is 0.259. The Morgan fingerprint density at radius 1 is 1.16 bits per heavy atom. The topological polar surface area (TPSA) is 67.5 Å². The van der Waals surface area contributed by atoms with Crippen LogP contribution in [0, 0.1) is 5.92 Å². The van der Waals surface area contributed by atoms with E-state index in [1.54, 1.807) is 26.1 Å². The number of carbonyl (C=O) groups is 1. The molecule has 0 unspecified atom stereocenters. The van der Waals surface area contributed by atoms with Crippen molar-refractivity contribution in [3.8, 4) is 0 Å². The number of rotatable bonds is 8. The van der Waals surface area contributed by atoms with Gasteiger partial charge in [0.25, 0.3) is 0 Å². The summed E-state index contributed by atoms with van der Waals surface area (Å²) < 4.78 is 12.7. The summed E-state index contributed by atoms with van der Waals surface area (Å²) in [4.78, 5) is 14.1. The highest BCUT2D eigenvalue weighted by molar-refractivity contribution is 5.98. The molecule has 2 saturated carbocycles. The Bertz CT molecular complexity index is 652. The van der Waals surface area contributed by atoms with Crippen molar-refractivity contribution in [3.63, 3.8) is 0 Å². The van der Waals surface area contributed by atoms with E-state index in [9.17, 15) is 9.18 Å². The fourth-order valence-corrected chi connectivity index (χ4v) is 3.54. The van der Waals surface area contributed by atoms with Crippen LogP contribution in [0.1, 0.15) is 85.5 Å². The van der Waals surface area contributed by atoms with Crippen molar-refractivity contribution in [2.75, 3.05) is 7.05 Å². The van der Waals surface area contributed by atoms with Crippen LogP contribution in [0.4, 0.5) is 4.39 Å². The maximum Gasteiger partial charge on any atom is 0.207 e. The maximum absolute atomic E-state index is 12.7. The molecule has 4 nitrogen and oxygen atoms in total. The van der Waals surface area contributed by atoms with Gasteiger partial charge in [0.15, 0.2) is 0 Å². The van der Waals surface area contributed by atoms with E-state index in [1.807, 2.05) is 13.8 Å². The summed E-state index contributed by atoms with van der Waals surface area (Å²) in [6, 6.07) is 0.483. The first-order valence-electron chi connectivity index (χ1n) is 11.7. The molecular weight excluding hydrogens is 389 g/mol. The van der Waals surface area contributed by atoms with Crippen LogP contribution < -0.4 is 11.1 Å². The number of allylic oxidation sites excluding steroid dienone is 7. The molecule has 1 amide bonds. The average Bonchev–Trinajstić information content (AvgIpc) is 3.64. The predicted molar refractivity (Wildman–Crippen MR) is 133 cm³/mol. The molecule has 0 aromatic carbocycles. The Morgan fingerprint density at radius 3 is 2.16 bits per heavy atom. The number of amides is 1. The summed E-state index contributed by atoms with van der Waals surface area (Å²) in [5.41, 5.74) is 10.0. The zero-order chi connectivity index (χ0) is 23.6. The minimum atomic E-state index is -0.151. The van der Waals surface area contributed by atoms with Gasteiger partial charge in [-0.25, -0.2) is 4.39 Å². The highest BCUT2D eigenvalue weighted by Crippen LogP contribution is 2.38. The zero-order valence-corrected chi connectivity index (χ0v) is 20.3. The molecule has 0 bridgehead atoms. The largest absolute Gasteiger partial charge is 0.397 e. The van der Waals surface area contributed by atoms with E-state index >= 15 is 0 Å². The summed E-state index contributed by atoms with van der Waals surface area (Å²) in [6.07, 6.45) is 16.3. The lowest BCUT2D eigenvalue weighted by molar-refractivity contribution is -0.110. The lowest BCUT2D eigenvalue weighted by atomic mass is 9.96. The number of hydrogen-bond acceptors (Lipinski definition) is 3. The summed E-state index contributed by atoms with van der Waals surface area (Å²) in [6.45, 7) is 11.2. The van der Waals surface area contributed by atoms with Gasteiger partial charge in [-0.2, -0.15) is 0 Å². The van der Waals surface area contributed by atoms with E-state index < -0.39 is 0 Å². The highest BCUT2D eigenvalue weighted by Gasteiger charge is 2.26. The molecule has 0 aromatic heterocycles. The molecule has 0 aromatic rings. The third kappa shape index (κ3) is 12.3. The SMILES string of the molecule is C=C/C=C(CC)\C(F)=C/C.CC/C(=C(/N)C(C)=NC)C1CC1.O=CNC1CCCCC1. The van der Waals surface area contributed by atoms with E-state index in [0.29, 0.717) is 18.0 Å². The van der Waals surface area contributed by atoms with Crippen LogP contribution in [0.5, 0.6) is 0 Å². The second-order valence-corrected chi connectivity index (χ2v) is 7.91. The number of nitrogens with zero attached hydrogens (tertiary/aromatic N) is 1. The molecule has 2 aliphatic carbocycles. The van der Waals surface area contributed by atoms with Gasteiger partial charge >= 0.3 is 0 Å². The van der Waals surface area contributed by atoms with Crippen LogP contribution in [-0.2, 0) is 4.79 Å². The van der Waals surface area contributed by atoms with Gasteiger partial charge < -0.3 is 11.1 Å². The second kappa shape index (κ2) is 17.5. The van der Waals surface area contributed by atoms with Crippen LogP contribution >= 0.6 is 0 Å². The second-order valence-electron chi connectivity index (χ2n) is 7.91. The van der Waals surface area contributed by atoms with Gasteiger partial charge in [-0.3, -0.25) is 9.79 Å². The Hall–Kier alpha value is -2.17. The summed E-state index contributed by atoms with van der Waals surface area (Å²) in [7, 11) is 1.79. The molecule has 0 radical (unpaired) electrons. The van der Waals surface area contributed by atoms with Gasteiger partial charge in [0.05, 0.1) is 11.4 Å². The smallest absolute Gasteiger partial charge is 0.207 e. The first kappa shape index (κ1) is 28.8. The molecule has 0 spiro atoms. The molecule has 5 heteroatoms. The van der Waals surface area contributed by atoms with Gasteiger partial charge in [-0.05, 0) is 69.4 Å². The summed E-state index contributed by atoms with van der Waals surface area (Å²) >= 11 is 0. The predicted octanol–water partition coefficient (Wildman–Crippen LogP) is 6.56. The van der Waals surface area contributed by atoms with Crippen molar-refractivity contribution in [2.45, 2.75) is 91.5 Å². The van der Waals surface area contributed by atoms with Gasteiger partial charge in [0, 0.05) is 13.1 Å². The fourth-order valence-electron chi connectivity index (χ4n) is 3.54. The minimum Gasteiger partial charge on any atom is -0.397 e. The summed E-state index contributed by atoms with van der Waals surface area (Å²) in [5.74, 6) is 0.620. The third-order valence-corrected chi connectivity index (χ3v) is 5.69. The van der Waals surface area contributed by atoms with Crippen molar-refractivity contribution < 1.29 is 9.18 Å². The Morgan fingerprint density at radius 2 is 1.77 bits per heavy atom. The van der Waals surface area contributed by atoms with E-state index in [2.05, 4.69) is 23.8 Å². The Labute approximate surface area is 189 Å². The van der Waals surface area contributed by atoms with Crippen LogP contribution in [0.25, 0.3) is 0 Å². The highest BCUT2D eigenvalue weighted by atomic mass is 19.1.